The molecule has 1 amide bonds. The van der Waals surface area contributed by atoms with Crippen LogP contribution in [0.2, 0.25) is 0 Å². The normalized spacial score (nSPS) is 11.9. The molecule has 164 valence electrons. The number of hydrogen-bond donors (Lipinski definition) is 1. The molecule has 0 saturated carbocycles. The second kappa shape index (κ2) is 10.1. The minimum Gasteiger partial charge on any atom is -0.493 e. The number of amides is 1. The minimum absolute atomic E-state index is 0.0178. The molecule has 1 aromatic heterocycles. The summed E-state index contributed by atoms with van der Waals surface area (Å²) >= 11 is 0. The van der Waals surface area contributed by atoms with Gasteiger partial charge in [0.25, 0.3) is 0 Å². The molecule has 1 heterocycles. The summed E-state index contributed by atoms with van der Waals surface area (Å²) in [5.74, 6) is 2.02. The fourth-order valence-corrected chi connectivity index (χ4v) is 3.31. The fraction of sp³-hybridized carbons (Fsp3) is 0.391. The van der Waals surface area contributed by atoms with E-state index >= 15 is 0 Å². The summed E-state index contributed by atoms with van der Waals surface area (Å²) < 4.78 is 10.6. The Kier molecular flexibility index (Phi) is 7.23. The molecule has 3 aromatic rings. The predicted octanol–water partition coefficient (Wildman–Crippen LogP) is 3.43. The number of nitrogens with one attached hydrogen (secondary N) is 1. The van der Waals surface area contributed by atoms with Crippen LogP contribution in [0.25, 0.3) is 11.4 Å². The quantitative estimate of drug-likeness (QED) is 0.567. The lowest BCUT2D eigenvalue weighted by Crippen LogP contribution is -2.30. The maximum atomic E-state index is 12.5. The van der Waals surface area contributed by atoms with Gasteiger partial charge in [-0.05, 0) is 53.8 Å². The Morgan fingerprint density at radius 1 is 1.03 bits per heavy atom. The number of methoxy groups -OCH3 is 2. The molecule has 8 heteroatoms. The monoisotopic (exact) mass is 423 g/mol. The molecule has 0 aliphatic rings. The van der Waals surface area contributed by atoms with Gasteiger partial charge >= 0.3 is 0 Å². The average molecular weight is 424 g/mol. The molecular weight excluding hydrogens is 394 g/mol. The van der Waals surface area contributed by atoms with Crippen molar-refractivity contribution >= 4 is 5.91 Å². The van der Waals surface area contributed by atoms with Gasteiger partial charge < -0.3 is 14.8 Å². The highest BCUT2D eigenvalue weighted by molar-refractivity contribution is 5.76. The van der Waals surface area contributed by atoms with Gasteiger partial charge in [-0.3, -0.25) is 4.79 Å². The van der Waals surface area contributed by atoms with Gasteiger partial charge in [0, 0.05) is 5.56 Å². The second-order valence-electron chi connectivity index (χ2n) is 7.84. The van der Waals surface area contributed by atoms with Crippen molar-refractivity contribution in [3.8, 4) is 22.9 Å². The van der Waals surface area contributed by atoms with Gasteiger partial charge in [-0.2, -0.15) is 4.80 Å². The fourth-order valence-electron chi connectivity index (χ4n) is 3.31. The largest absolute Gasteiger partial charge is 0.493 e. The van der Waals surface area contributed by atoms with Gasteiger partial charge in [-0.15, -0.1) is 10.2 Å². The highest BCUT2D eigenvalue weighted by Crippen LogP contribution is 2.30. The molecule has 0 unspecified atom stereocenters. The van der Waals surface area contributed by atoms with Crippen LogP contribution in [0.5, 0.6) is 11.5 Å². The summed E-state index contributed by atoms with van der Waals surface area (Å²) in [6.07, 6.45) is 1.04. The highest BCUT2D eigenvalue weighted by atomic mass is 16.5. The SMILES string of the molecule is COc1ccc(-c2nnn(CC(=O)N[C@H](C)c3ccc(CC(C)C)cc3)n2)cc1OC. The lowest BCUT2D eigenvalue weighted by atomic mass is 10.00. The van der Waals surface area contributed by atoms with E-state index in [2.05, 4.69) is 58.8 Å². The van der Waals surface area contributed by atoms with Crippen molar-refractivity contribution in [2.24, 2.45) is 5.92 Å². The number of tetrazole rings is 1. The van der Waals surface area contributed by atoms with Crippen molar-refractivity contribution in [3.05, 3.63) is 53.6 Å². The maximum Gasteiger partial charge on any atom is 0.244 e. The molecule has 1 atom stereocenters. The van der Waals surface area contributed by atoms with Crippen molar-refractivity contribution in [3.63, 3.8) is 0 Å². The smallest absolute Gasteiger partial charge is 0.244 e. The predicted molar refractivity (Wildman–Crippen MR) is 118 cm³/mol. The number of carbonyl (C=O) groups is 1. The standard InChI is InChI=1S/C23H29N5O3/c1-15(2)12-17-6-8-18(9-7-17)16(3)24-22(29)14-28-26-23(25-27-28)19-10-11-20(30-4)21(13-19)31-5/h6-11,13,15-16H,12,14H2,1-5H3,(H,24,29)/t16-/m1/s1. The Hall–Kier alpha value is -3.42. The molecule has 31 heavy (non-hydrogen) atoms. The van der Waals surface area contributed by atoms with Gasteiger partial charge in [0.2, 0.25) is 11.7 Å². The topological polar surface area (TPSA) is 91.2 Å². The van der Waals surface area contributed by atoms with Crippen LogP contribution in [0.3, 0.4) is 0 Å². The molecule has 2 aromatic carbocycles. The van der Waals surface area contributed by atoms with Crippen LogP contribution in [0.4, 0.5) is 0 Å². The van der Waals surface area contributed by atoms with Gasteiger partial charge in [0.15, 0.2) is 11.5 Å². The van der Waals surface area contributed by atoms with Crippen LogP contribution in [0, 0.1) is 5.92 Å². The summed E-state index contributed by atoms with van der Waals surface area (Å²) in [6, 6.07) is 13.6. The van der Waals surface area contributed by atoms with E-state index in [0.29, 0.717) is 23.2 Å². The number of carbonyl (C=O) groups excluding carboxylic acids is 1. The molecule has 8 nitrogen and oxygen atoms in total. The molecule has 1 N–H and O–H groups in total. The summed E-state index contributed by atoms with van der Waals surface area (Å²) in [5, 5.41) is 15.3. The molecule has 0 bridgehead atoms. The first-order chi connectivity index (χ1) is 14.9. The van der Waals surface area contributed by atoms with Crippen LogP contribution >= 0.6 is 0 Å². The molecule has 0 saturated heterocycles. The van der Waals surface area contributed by atoms with Crippen molar-refractivity contribution in [2.45, 2.75) is 39.8 Å². The van der Waals surface area contributed by atoms with Crippen LogP contribution < -0.4 is 14.8 Å². The first kappa shape index (κ1) is 22.3. The number of benzene rings is 2. The third-order valence-corrected chi connectivity index (χ3v) is 4.88. The molecular formula is C23H29N5O3. The van der Waals surface area contributed by atoms with E-state index in [1.54, 1.807) is 26.4 Å². The van der Waals surface area contributed by atoms with Crippen LogP contribution in [-0.4, -0.2) is 40.3 Å². The third-order valence-electron chi connectivity index (χ3n) is 4.88. The molecule has 3 rings (SSSR count). The third kappa shape index (κ3) is 5.81. The average Bonchev–Trinajstić information content (AvgIpc) is 3.21. The Bertz CT molecular complexity index is 1010. The molecule has 0 aliphatic carbocycles. The van der Waals surface area contributed by atoms with Crippen molar-refractivity contribution in [2.75, 3.05) is 14.2 Å². The Balaban J connectivity index is 1.61. The summed E-state index contributed by atoms with van der Waals surface area (Å²) in [7, 11) is 3.14. The Labute approximate surface area is 182 Å². The molecule has 0 fully saturated rings. The first-order valence-electron chi connectivity index (χ1n) is 10.3. The van der Waals surface area contributed by atoms with Gasteiger partial charge in [-0.1, -0.05) is 38.1 Å². The van der Waals surface area contributed by atoms with Gasteiger partial charge in [0.05, 0.1) is 20.3 Å². The number of rotatable bonds is 9. The van der Waals surface area contributed by atoms with E-state index in [9.17, 15) is 4.79 Å². The zero-order valence-electron chi connectivity index (χ0n) is 18.6. The molecule has 0 spiro atoms. The number of ether oxygens (including phenoxy) is 2. The van der Waals surface area contributed by atoms with E-state index in [-0.39, 0.29) is 18.5 Å². The van der Waals surface area contributed by atoms with Gasteiger partial charge in [0.1, 0.15) is 6.54 Å². The van der Waals surface area contributed by atoms with Crippen LogP contribution in [0.1, 0.15) is 37.9 Å². The van der Waals surface area contributed by atoms with Crippen molar-refractivity contribution < 1.29 is 14.3 Å². The van der Waals surface area contributed by atoms with E-state index in [4.69, 9.17) is 9.47 Å². The van der Waals surface area contributed by atoms with E-state index in [1.165, 1.54) is 10.4 Å². The minimum atomic E-state index is -0.185. The number of aromatic nitrogens is 4. The molecule has 0 radical (unpaired) electrons. The summed E-state index contributed by atoms with van der Waals surface area (Å²) in [6.45, 7) is 6.34. The van der Waals surface area contributed by atoms with Crippen LogP contribution in [0.15, 0.2) is 42.5 Å². The summed E-state index contributed by atoms with van der Waals surface area (Å²) in [4.78, 5) is 13.7. The Morgan fingerprint density at radius 2 is 1.74 bits per heavy atom. The number of hydrogen-bond acceptors (Lipinski definition) is 6. The first-order valence-corrected chi connectivity index (χ1v) is 10.3. The Morgan fingerprint density at radius 3 is 2.39 bits per heavy atom. The lowest BCUT2D eigenvalue weighted by Gasteiger charge is -2.15. The lowest BCUT2D eigenvalue weighted by molar-refractivity contribution is -0.122. The zero-order chi connectivity index (χ0) is 22.4. The zero-order valence-corrected chi connectivity index (χ0v) is 18.6. The van der Waals surface area contributed by atoms with E-state index in [1.807, 2.05) is 13.0 Å². The van der Waals surface area contributed by atoms with E-state index < -0.39 is 0 Å². The van der Waals surface area contributed by atoms with Crippen molar-refractivity contribution in [1.29, 1.82) is 0 Å². The number of nitrogens with zero attached hydrogens (tertiary/aromatic N) is 4. The van der Waals surface area contributed by atoms with Gasteiger partial charge in [-0.25, -0.2) is 0 Å². The van der Waals surface area contributed by atoms with Crippen LogP contribution in [-0.2, 0) is 17.8 Å². The second-order valence-corrected chi connectivity index (χ2v) is 7.84. The van der Waals surface area contributed by atoms with E-state index in [0.717, 1.165) is 17.5 Å². The molecule has 0 aliphatic heterocycles. The highest BCUT2D eigenvalue weighted by Gasteiger charge is 2.14. The van der Waals surface area contributed by atoms with Crippen molar-refractivity contribution in [1.82, 2.24) is 25.5 Å². The summed E-state index contributed by atoms with van der Waals surface area (Å²) in [5.41, 5.74) is 3.07. The maximum absolute atomic E-state index is 12.5.